The number of halogens is 1. The number of imide groups is 2. The van der Waals surface area contributed by atoms with Crippen molar-refractivity contribution >= 4 is 35.4 Å². The van der Waals surface area contributed by atoms with Crippen LogP contribution in [-0.2, 0) is 20.9 Å². The summed E-state index contributed by atoms with van der Waals surface area (Å²) in [5.74, 6) is -1.17. The summed E-state index contributed by atoms with van der Waals surface area (Å²) in [6, 6.07) is 9.94. The maximum Gasteiger partial charge on any atom is 0.334 e. The van der Waals surface area contributed by atoms with Gasteiger partial charge in [-0.2, -0.15) is 0 Å². The second-order valence-corrected chi connectivity index (χ2v) is 7.44. The lowest BCUT2D eigenvalue weighted by Gasteiger charge is -2.19. The molecule has 2 heterocycles. The number of amides is 5. The number of hydrogen-bond donors (Lipinski definition) is 0. The van der Waals surface area contributed by atoms with Crippen LogP contribution < -0.4 is 0 Å². The Kier molecular flexibility index (Phi) is 6.56. The van der Waals surface area contributed by atoms with Gasteiger partial charge in [-0.25, -0.2) is 9.69 Å². The van der Waals surface area contributed by atoms with Crippen molar-refractivity contribution in [3.05, 3.63) is 47.2 Å². The molecule has 0 unspecified atom stereocenters. The lowest BCUT2D eigenvalue weighted by molar-refractivity contribution is -0.144. The van der Waals surface area contributed by atoms with E-state index in [1.807, 2.05) is 19.1 Å². The molecule has 0 aliphatic carbocycles. The quantitative estimate of drug-likeness (QED) is 0.473. The molecule has 1 aliphatic rings. The lowest BCUT2D eigenvalue weighted by atomic mass is 10.2. The van der Waals surface area contributed by atoms with Crippen molar-refractivity contribution in [3.8, 4) is 11.3 Å². The smallest absolute Gasteiger partial charge is 0.334 e. The highest BCUT2D eigenvalue weighted by atomic mass is 35.5. The fourth-order valence-corrected chi connectivity index (χ4v) is 3.14. The summed E-state index contributed by atoms with van der Waals surface area (Å²) in [6.07, 6.45) is 1.37. The number of hydrogen-bond acceptors (Lipinski definition) is 5. The third kappa shape index (κ3) is 4.54. The van der Waals surface area contributed by atoms with Crippen LogP contribution in [0.1, 0.15) is 25.5 Å². The van der Waals surface area contributed by atoms with E-state index in [2.05, 4.69) is 0 Å². The van der Waals surface area contributed by atoms with Crippen molar-refractivity contribution in [1.29, 1.82) is 0 Å². The normalized spacial score (nSPS) is 14.0. The topological polar surface area (TPSA) is 91.1 Å². The van der Waals surface area contributed by atoms with Gasteiger partial charge in [0.15, 0.2) is 0 Å². The summed E-state index contributed by atoms with van der Waals surface area (Å²) >= 11 is 5.89. The largest absolute Gasteiger partial charge is 0.459 e. The van der Waals surface area contributed by atoms with Crippen LogP contribution in [0, 0.1) is 0 Å². The molecular formula is C21H22ClN3O5. The molecule has 1 fully saturated rings. The van der Waals surface area contributed by atoms with Crippen LogP contribution in [0.4, 0.5) is 4.79 Å². The molecule has 0 atom stereocenters. The first-order chi connectivity index (χ1) is 14.3. The molecule has 1 aliphatic heterocycles. The molecule has 1 saturated heterocycles. The Balaban J connectivity index is 1.61. The number of furan rings is 1. The van der Waals surface area contributed by atoms with Gasteiger partial charge >= 0.3 is 17.8 Å². The molecular weight excluding hydrogens is 410 g/mol. The van der Waals surface area contributed by atoms with Gasteiger partial charge in [0.05, 0.1) is 6.54 Å². The first kappa shape index (κ1) is 21.6. The average Bonchev–Trinajstić information content (AvgIpc) is 3.26. The van der Waals surface area contributed by atoms with Gasteiger partial charge in [-0.1, -0.05) is 24.9 Å². The Morgan fingerprint density at radius 2 is 1.70 bits per heavy atom. The zero-order chi connectivity index (χ0) is 21.8. The van der Waals surface area contributed by atoms with Gasteiger partial charge < -0.3 is 9.32 Å². The number of benzene rings is 1. The van der Waals surface area contributed by atoms with Crippen molar-refractivity contribution in [2.45, 2.75) is 26.3 Å². The third-order valence-corrected chi connectivity index (χ3v) is 5.02. The van der Waals surface area contributed by atoms with E-state index in [-0.39, 0.29) is 13.1 Å². The van der Waals surface area contributed by atoms with Crippen molar-refractivity contribution in [2.24, 2.45) is 0 Å². The van der Waals surface area contributed by atoms with E-state index in [0.717, 1.165) is 16.9 Å². The summed E-state index contributed by atoms with van der Waals surface area (Å²) in [4.78, 5) is 51.9. The second kappa shape index (κ2) is 9.13. The zero-order valence-electron chi connectivity index (χ0n) is 16.8. The fourth-order valence-electron chi connectivity index (χ4n) is 3.01. The van der Waals surface area contributed by atoms with Gasteiger partial charge in [0.2, 0.25) is 5.91 Å². The van der Waals surface area contributed by atoms with E-state index in [1.54, 1.807) is 24.3 Å². The molecule has 2 aromatic rings. The van der Waals surface area contributed by atoms with E-state index in [0.29, 0.717) is 27.9 Å². The highest BCUT2D eigenvalue weighted by Crippen LogP contribution is 2.24. The predicted molar refractivity (Wildman–Crippen MR) is 109 cm³/mol. The number of nitrogens with zero attached hydrogens (tertiary/aromatic N) is 3. The fraction of sp³-hybridized carbons (Fsp3) is 0.333. The molecule has 5 amide bonds. The van der Waals surface area contributed by atoms with Crippen LogP contribution in [0.2, 0.25) is 5.02 Å². The zero-order valence-corrected chi connectivity index (χ0v) is 17.5. The maximum absolute atomic E-state index is 12.5. The molecule has 9 heteroatoms. The summed E-state index contributed by atoms with van der Waals surface area (Å²) < 4.78 is 5.77. The molecule has 0 N–H and O–H groups in total. The van der Waals surface area contributed by atoms with E-state index in [9.17, 15) is 19.2 Å². The predicted octanol–water partition coefficient (Wildman–Crippen LogP) is 3.15. The Morgan fingerprint density at radius 1 is 1.03 bits per heavy atom. The van der Waals surface area contributed by atoms with Gasteiger partial charge in [0.1, 0.15) is 18.1 Å². The van der Waals surface area contributed by atoms with Gasteiger partial charge in [0.25, 0.3) is 0 Å². The highest BCUT2D eigenvalue weighted by molar-refractivity contribution is 6.45. The standard InChI is InChI=1S/C21H22ClN3O5/c1-3-4-11-24-19(27)20(28)25(21(24)29)13-18(26)23(2)12-16-9-10-17(30-16)14-5-7-15(22)8-6-14/h5-10H,3-4,11-13H2,1-2H3. The molecule has 8 nitrogen and oxygen atoms in total. The SMILES string of the molecule is CCCCN1C(=O)C(=O)N(CC(=O)N(C)Cc2ccc(-c3ccc(Cl)cc3)o2)C1=O. The van der Waals surface area contributed by atoms with Gasteiger partial charge in [-0.15, -0.1) is 0 Å². The van der Waals surface area contributed by atoms with Crippen LogP contribution in [0.15, 0.2) is 40.8 Å². The number of carbonyl (C=O) groups excluding carboxylic acids is 4. The average molecular weight is 432 g/mol. The van der Waals surface area contributed by atoms with E-state index in [1.165, 1.54) is 11.9 Å². The molecule has 1 aromatic carbocycles. The summed E-state index contributed by atoms with van der Waals surface area (Å²) in [6.45, 7) is 1.74. The molecule has 158 valence electrons. The Hall–Kier alpha value is -3.13. The minimum absolute atomic E-state index is 0.149. The van der Waals surface area contributed by atoms with Gasteiger partial charge in [-0.3, -0.25) is 19.3 Å². The van der Waals surface area contributed by atoms with Crippen LogP contribution in [0.5, 0.6) is 0 Å². The number of urea groups is 1. The van der Waals surface area contributed by atoms with E-state index < -0.39 is 30.3 Å². The highest BCUT2D eigenvalue weighted by Gasteiger charge is 2.45. The molecule has 1 aromatic heterocycles. The summed E-state index contributed by atoms with van der Waals surface area (Å²) in [5, 5.41) is 0.619. The van der Waals surface area contributed by atoms with Crippen LogP contribution in [-0.4, -0.2) is 58.6 Å². The first-order valence-corrected chi connectivity index (χ1v) is 9.95. The third-order valence-electron chi connectivity index (χ3n) is 4.77. The van der Waals surface area contributed by atoms with Crippen LogP contribution >= 0.6 is 11.6 Å². The number of rotatable bonds is 8. The summed E-state index contributed by atoms with van der Waals surface area (Å²) in [5.41, 5.74) is 0.846. The Labute approximate surface area is 179 Å². The molecule has 30 heavy (non-hydrogen) atoms. The number of carbonyl (C=O) groups is 4. The molecule has 0 spiro atoms. The van der Waals surface area contributed by atoms with Crippen molar-refractivity contribution < 1.29 is 23.6 Å². The lowest BCUT2D eigenvalue weighted by Crippen LogP contribution is -2.42. The first-order valence-electron chi connectivity index (χ1n) is 9.57. The van der Waals surface area contributed by atoms with Gasteiger partial charge in [0, 0.05) is 24.2 Å². The van der Waals surface area contributed by atoms with E-state index >= 15 is 0 Å². The van der Waals surface area contributed by atoms with Crippen LogP contribution in [0.3, 0.4) is 0 Å². The minimum atomic E-state index is -0.971. The molecule has 0 bridgehead atoms. The van der Waals surface area contributed by atoms with Gasteiger partial charge in [-0.05, 0) is 42.8 Å². The monoisotopic (exact) mass is 431 g/mol. The molecule has 3 rings (SSSR count). The molecule has 0 saturated carbocycles. The van der Waals surface area contributed by atoms with E-state index in [4.69, 9.17) is 16.0 Å². The van der Waals surface area contributed by atoms with Crippen molar-refractivity contribution in [2.75, 3.05) is 20.1 Å². The molecule has 0 radical (unpaired) electrons. The van der Waals surface area contributed by atoms with Crippen molar-refractivity contribution in [1.82, 2.24) is 14.7 Å². The summed E-state index contributed by atoms with van der Waals surface area (Å²) in [7, 11) is 1.54. The second-order valence-electron chi connectivity index (χ2n) is 7.01. The Morgan fingerprint density at radius 3 is 2.37 bits per heavy atom. The van der Waals surface area contributed by atoms with Crippen molar-refractivity contribution in [3.63, 3.8) is 0 Å². The Bertz CT molecular complexity index is 969. The maximum atomic E-state index is 12.5. The van der Waals surface area contributed by atoms with Crippen LogP contribution in [0.25, 0.3) is 11.3 Å². The number of unbranched alkanes of at least 4 members (excludes halogenated alkanes) is 1. The number of likely N-dealkylation sites (N-methyl/N-ethyl adjacent to an activating group) is 1. The minimum Gasteiger partial charge on any atom is -0.459 e.